The van der Waals surface area contributed by atoms with Gasteiger partial charge in [-0.05, 0) is 17.7 Å². The molecule has 0 saturated carbocycles. The summed E-state index contributed by atoms with van der Waals surface area (Å²) in [5, 5.41) is 2.51. The monoisotopic (exact) mass is 196 g/mol. The predicted octanol–water partition coefficient (Wildman–Crippen LogP) is 1.60. The van der Waals surface area contributed by atoms with Crippen LogP contribution in [0.25, 0.3) is 0 Å². The van der Waals surface area contributed by atoms with Gasteiger partial charge in [0.1, 0.15) is 5.82 Å². The summed E-state index contributed by atoms with van der Waals surface area (Å²) in [6.07, 6.45) is 0. The summed E-state index contributed by atoms with van der Waals surface area (Å²) < 4.78 is 12.6. The van der Waals surface area contributed by atoms with Crippen LogP contribution in [-0.4, -0.2) is 25.0 Å². The maximum atomic E-state index is 12.6. The molecule has 1 N–H and O–H groups in total. The molecule has 1 aromatic rings. The van der Waals surface area contributed by atoms with Crippen molar-refractivity contribution in [1.82, 2.24) is 10.2 Å². The zero-order valence-electron chi connectivity index (χ0n) is 8.25. The Bertz CT molecular complexity index is 310. The van der Waals surface area contributed by atoms with Gasteiger partial charge in [-0.3, -0.25) is 0 Å². The van der Waals surface area contributed by atoms with E-state index in [4.69, 9.17) is 0 Å². The summed E-state index contributed by atoms with van der Waals surface area (Å²) in [5.41, 5.74) is 0.900. The molecule has 76 valence electrons. The Morgan fingerprint density at radius 1 is 1.43 bits per heavy atom. The fraction of sp³-hybridized carbons (Fsp3) is 0.300. The van der Waals surface area contributed by atoms with E-state index < -0.39 is 0 Å². The van der Waals surface area contributed by atoms with Crippen molar-refractivity contribution in [2.24, 2.45) is 0 Å². The molecule has 0 unspecified atom stereocenters. The summed E-state index contributed by atoms with van der Waals surface area (Å²) in [6, 6.07) is 5.93. The van der Waals surface area contributed by atoms with Crippen LogP contribution in [0.15, 0.2) is 24.3 Å². The first kappa shape index (κ1) is 10.5. The van der Waals surface area contributed by atoms with Gasteiger partial charge in [-0.25, -0.2) is 9.18 Å². The molecule has 0 aromatic heterocycles. The average molecular weight is 196 g/mol. The lowest BCUT2D eigenvalue weighted by atomic mass is 10.2. The molecule has 0 fully saturated rings. The van der Waals surface area contributed by atoms with E-state index in [1.165, 1.54) is 17.0 Å². The first-order valence-electron chi connectivity index (χ1n) is 4.31. The predicted molar refractivity (Wildman–Crippen MR) is 52.3 cm³/mol. The van der Waals surface area contributed by atoms with Gasteiger partial charge in [0.05, 0.1) is 0 Å². The van der Waals surface area contributed by atoms with Crippen molar-refractivity contribution >= 4 is 6.03 Å². The van der Waals surface area contributed by atoms with Gasteiger partial charge in [-0.15, -0.1) is 0 Å². The highest BCUT2D eigenvalue weighted by atomic mass is 19.1. The highest BCUT2D eigenvalue weighted by molar-refractivity contribution is 5.73. The molecular formula is C10H13FN2O. The second-order valence-electron chi connectivity index (χ2n) is 3.04. The Morgan fingerprint density at radius 2 is 2.00 bits per heavy atom. The number of rotatable bonds is 2. The number of nitrogens with one attached hydrogen (secondary N) is 1. The van der Waals surface area contributed by atoms with Crippen LogP contribution in [0.5, 0.6) is 0 Å². The Kier molecular flexibility index (Phi) is 3.45. The Balaban J connectivity index is 2.60. The maximum Gasteiger partial charge on any atom is 0.317 e. The van der Waals surface area contributed by atoms with Crippen molar-refractivity contribution in [3.63, 3.8) is 0 Å². The zero-order valence-corrected chi connectivity index (χ0v) is 8.25. The van der Waals surface area contributed by atoms with Gasteiger partial charge >= 0.3 is 6.03 Å². The van der Waals surface area contributed by atoms with E-state index >= 15 is 0 Å². The van der Waals surface area contributed by atoms with Crippen LogP contribution in [0.3, 0.4) is 0 Å². The highest BCUT2D eigenvalue weighted by Crippen LogP contribution is 2.05. The summed E-state index contributed by atoms with van der Waals surface area (Å²) >= 11 is 0. The molecule has 0 aliphatic heterocycles. The quantitative estimate of drug-likeness (QED) is 0.765. The molecule has 1 rings (SSSR count). The van der Waals surface area contributed by atoms with Crippen molar-refractivity contribution in [2.75, 3.05) is 14.1 Å². The van der Waals surface area contributed by atoms with Crippen molar-refractivity contribution in [3.8, 4) is 0 Å². The third-order valence-electron chi connectivity index (χ3n) is 1.89. The van der Waals surface area contributed by atoms with Crippen molar-refractivity contribution in [1.29, 1.82) is 0 Å². The van der Waals surface area contributed by atoms with Gasteiger partial charge in [0.2, 0.25) is 0 Å². The SMILES string of the molecule is CNC(=O)N(C)Cc1ccc(F)cc1. The molecule has 2 amide bonds. The van der Waals surface area contributed by atoms with Gasteiger partial charge in [0, 0.05) is 20.6 Å². The molecule has 14 heavy (non-hydrogen) atoms. The summed E-state index contributed by atoms with van der Waals surface area (Å²) in [5.74, 6) is -0.267. The van der Waals surface area contributed by atoms with Crippen molar-refractivity contribution < 1.29 is 9.18 Å². The molecular weight excluding hydrogens is 183 g/mol. The smallest absolute Gasteiger partial charge is 0.317 e. The van der Waals surface area contributed by atoms with Crippen LogP contribution < -0.4 is 5.32 Å². The van der Waals surface area contributed by atoms with Crippen LogP contribution >= 0.6 is 0 Å². The fourth-order valence-corrected chi connectivity index (χ4v) is 1.13. The molecule has 0 radical (unpaired) electrons. The lowest BCUT2D eigenvalue weighted by Gasteiger charge is -2.16. The van der Waals surface area contributed by atoms with E-state index in [1.54, 1.807) is 26.2 Å². The molecule has 4 heteroatoms. The molecule has 0 atom stereocenters. The minimum atomic E-state index is -0.267. The first-order chi connectivity index (χ1) is 6.63. The Morgan fingerprint density at radius 3 is 2.50 bits per heavy atom. The first-order valence-corrected chi connectivity index (χ1v) is 4.31. The van der Waals surface area contributed by atoms with Crippen LogP contribution in [0, 0.1) is 5.82 Å². The van der Waals surface area contributed by atoms with E-state index in [1.807, 2.05) is 0 Å². The normalized spacial score (nSPS) is 9.64. The standard InChI is InChI=1S/C10H13FN2O/c1-12-10(14)13(2)7-8-3-5-9(11)6-4-8/h3-6H,7H2,1-2H3,(H,12,14). The molecule has 3 nitrogen and oxygen atoms in total. The van der Waals surface area contributed by atoms with Crippen LogP contribution in [0.4, 0.5) is 9.18 Å². The van der Waals surface area contributed by atoms with E-state index in [2.05, 4.69) is 5.32 Å². The molecule has 0 bridgehead atoms. The van der Waals surface area contributed by atoms with Gasteiger partial charge in [-0.2, -0.15) is 0 Å². The lowest BCUT2D eigenvalue weighted by molar-refractivity contribution is 0.209. The highest BCUT2D eigenvalue weighted by Gasteiger charge is 2.05. The minimum Gasteiger partial charge on any atom is -0.341 e. The van der Waals surface area contributed by atoms with Crippen LogP contribution in [0.1, 0.15) is 5.56 Å². The minimum absolute atomic E-state index is 0.158. The second kappa shape index (κ2) is 4.60. The van der Waals surface area contributed by atoms with Crippen LogP contribution in [0.2, 0.25) is 0 Å². The molecule has 0 aliphatic rings. The number of benzene rings is 1. The molecule has 1 aromatic carbocycles. The van der Waals surface area contributed by atoms with E-state index in [0.717, 1.165) is 5.56 Å². The molecule has 0 spiro atoms. The Hall–Kier alpha value is -1.58. The molecule has 0 aliphatic carbocycles. The van der Waals surface area contributed by atoms with Gasteiger partial charge in [-0.1, -0.05) is 12.1 Å². The van der Waals surface area contributed by atoms with Gasteiger partial charge in [0.15, 0.2) is 0 Å². The largest absolute Gasteiger partial charge is 0.341 e. The Labute approximate surface area is 82.5 Å². The zero-order chi connectivity index (χ0) is 10.6. The number of hydrogen-bond acceptors (Lipinski definition) is 1. The summed E-state index contributed by atoms with van der Waals surface area (Å²) in [4.78, 5) is 12.6. The van der Waals surface area contributed by atoms with Crippen LogP contribution in [-0.2, 0) is 6.54 Å². The van der Waals surface area contributed by atoms with Crippen molar-refractivity contribution in [2.45, 2.75) is 6.54 Å². The summed E-state index contributed by atoms with van der Waals surface area (Å²) in [6.45, 7) is 0.472. The average Bonchev–Trinajstić information content (AvgIpc) is 2.20. The maximum absolute atomic E-state index is 12.6. The number of carbonyl (C=O) groups excluding carboxylic acids is 1. The summed E-state index contributed by atoms with van der Waals surface area (Å²) in [7, 11) is 3.26. The second-order valence-corrected chi connectivity index (χ2v) is 3.04. The van der Waals surface area contributed by atoms with Gasteiger partial charge in [0.25, 0.3) is 0 Å². The number of amides is 2. The third kappa shape index (κ3) is 2.73. The molecule has 0 heterocycles. The topological polar surface area (TPSA) is 32.3 Å². The van der Waals surface area contributed by atoms with E-state index in [0.29, 0.717) is 6.54 Å². The number of halogens is 1. The lowest BCUT2D eigenvalue weighted by Crippen LogP contribution is -2.34. The number of urea groups is 1. The third-order valence-corrected chi connectivity index (χ3v) is 1.89. The van der Waals surface area contributed by atoms with E-state index in [9.17, 15) is 9.18 Å². The fourth-order valence-electron chi connectivity index (χ4n) is 1.13. The number of carbonyl (C=O) groups is 1. The van der Waals surface area contributed by atoms with Gasteiger partial charge < -0.3 is 10.2 Å². The van der Waals surface area contributed by atoms with E-state index in [-0.39, 0.29) is 11.8 Å². The van der Waals surface area contributed by atoms with Crippen molar-refractivity contribution in [3.05, 3.63) is 35.6 Å². The number of nitrogens with zero attached hydrogens (tertiary/aromatic N) is 1. The number of hydrogen-bond donors (Lipinski definition) is 1. The molecule has 0 saturated heterocycles.